The molecule has 0 radical (unpaired) electrons. The Kier molecular flexibility index (Phi) is 6.52. The number of nitrogens with zero attached hydrogens (tertiary/aromatic N) is 1. The van der Waals surface area contributed by atoms with Crippen molar-refractivity contribution >= 4 is 0 Å². The summed E-state index contributed by atoms with van der Waals surface area (Å²) in [5, 5.41) is 0. The minimum absolute atomic E-state index is 0.326. The molecule has 1 aliphatic rings. The van der Waals surface area contributed by atoms with Gasteiger partial charge in [0.2, 0.25) is 0 Å². The predicted octanol–water partition coefficient (Wildman–Crippen LogP) is 3.22. The first-order valence-corrected chi connectivity index (χ1v) is 8.48. The van der Waals surface area contributed by atoms with Gasteiger partial charge in [-0.1, -0.05) is 32.4 Å². The maximum absolute atomic E-state index is 6.36. The number of rotatable bonds is 7. The zero-order valence-electron chi connectivity index (χ0n) is 13.6. The Morgan fingerprint density at radius 2 is 1.95 bits per heavy atom. The summed E-state index contributed by atoms with van der Waals surface area (Å²) in [7, 11) is 0. The van der Waals surface area contributed by atoms with E-state index in [9.17, 15) is 0 Å². The van der Waals surface area contributed by atoms with Gasteiger partial charge in [0.15, 0.2) is 0 Å². The summed E-state index contributed by atoms with van der Waals surface area (Å²) >= 11 is 0. The molecule has 21 heavy (non-hydrogen) atoms. The van der Waals surface area contributed by atoms with Crippen molar-refractivity contribution < 1.29 is 4.74 Å². The van der Waals surface area contributed by atoms with Gasteiger partial charge in [0.1, 0.15) is 11.9 Å². The third-order valence-electron chi connectivity index (χ3n) is 4.57. The first-order valence-electron chi connectivity index (χ1n) is 8.48. The highest BCUT2D eigenvalue weighted by molar-refractivity contribution is 5.29. The monoisotopic (exact) mass is 290 g/mol. The van der Waals surface area contributed by atoms with Crippen LogP contribution in [-0.2, 0) is 6.42 Å². The lowest BCUT2D eigenvalue weighted by molar-refractivity contribution is 0.0412. The van der Waals surface area contributed by atoms with Crippen molar-refractivity contribution in [2.24, 2.45) is 5.73 Å². The van der Waals surface area contributed by atoms with Gasteiger partial charge < -0.3 is 10.5 Å². The van der Waals surface area contributed by atoms with Crippen LogP contribution in [0.1, 0.15) is 45.1 Å². The summed E-state index contributed by atoms with van der Waals surface area (Å²) in [6, 6.07) is 9.00. The number of hydrogen-bond acceptors (Lipinski definition) is 3. The molecule has 0 bridgehead atoms. The molecule has 0 aromatic heterocycles. The van der Waals surface area contributed by atoms with E-state index in [4.69, 9.17) is 10.5 Å². The van der Waals surface area contributed by atoms with Crippen molar-refractivity contribution in [3.05, 3.63) is 29.8 Å². The van der Waals surface area contributed by atoms with Crippen molar-refractivity contribution in [2.75, 3.05) is 19.6 Å². The predicted molar refractivity (Wildman–Crippen MR) is 88.8 cm³/mol. The van der Waals surface area contributed by atoms with Gasteiger partial charge in [-0.3, -0.25) is 4.90 Å². The second-order valence-corrected chi connectivity index (χ2v) is 5.92. The molecular weight excluding hydrogens is 260 g/mol. The van der Waals surface area contributed by atoms with Crippen LogP contribution in [-0.4, -0.2) is 36.7 Å². The molecule has 2 rings (SSSR count). The SMILES string of the molecule is CCN(CC)C1CCCCC1Oc1cccc(CCN)c1. The second kappa shape index (κ2) is 8.40. The average molecular weight is 290 g/mol. The van der Waals surface area contributed by atoms with E-state index < -0.39 is 0 Å². The van der Waals surface area contributed by atoms with Crippen LogP contribution in [0.15, 0.2) is 24.3 Å². The summed E-state index contributed by atoms with van der Waals surface area (Å²) in [5.74, 6) is 1.00. The van der Waals surface area contributed by atoms with Crippen molar-refractivity contribution in [3.8, 4) is 5.75 Å². The molecule has 3 nitrogen and oxygen atoms in total. The highest BCUT2D eigenvalue weighted by Crippen LogP contribution is 2.27. The normalized spacial score (nSPS) is 22.5. The Labute approximate surface area is 129 Å². The lowest BCUT2D eigenvalue weighted by atomic mass is 9.91. The molecule has 1 aromatic rings. The highest BCUT2D eigenvalue weighted by Gasteiger charge is 2.30. The van der Waals surface area contributed by atoms with Gasteiger partial charge in [0.25, 0.3) is 0 Å². The maximum Gasteiger partial charge on any atom is 0.120 e. The van der Waals surface area contributed by atoms with Crippen LogP contribution in [0.4, 0.5) is 0 Å². The smallest absolute Gasteiger partial charge is 0.120 e. The quantitative estimate of drug-likeness (QED) is 0.838. The van der Waals surface area contributed by atoms with Crippen molar-refractivity contribution in [1.82, 2.24) is 4.90 Å². The Balaban J connectivity index is 2.06. The van der Waals surface area contributed by atoms with Gasteiger partial charge in [0.05, 0.1) is 0 Å². The van der Waals surface area contributed by atoms with Crippen molar-refractivity contribution in [3.63, 3.8) is 0 Å². The molecule has 1 saturated carbocycles. The fraction of sp³-hybridized carbons (Fsp3) is 0.667. The van der Waals surface area contributed by atoms with Crippen LogP contribution >= 0.6 is 0 Å². The molecular formula is C18H30N2O. The van der Waals surface area contributed by atoms with E-state index in [1.54, 1.807) is 0 Å². The van der Waals surface area contributed by atoms with Gasteiger partial charge in [-0.05, 0) is 63.0 Å². The number of likely N-dealkylation sites (N-methyl/N-ethyl adjacent to an activating group) is 1. The average Bonchev–Trinajstić information content (AvgIpc) is 2.51. The minimum atomic E-state index is 0.326. The Morgan fingerprint density at radius 1 is 1.19 bits per heavy atom. The van der Waals surface area contributed by atoms with E-state index >= 15 is 0 Å². The largest absolute Gasteiger partial charge is 0.489 e. The van der Waals surface area contributed by atoms with Crippen LogP contribution in [0.25, 0.3) is 0 Å². The van der Waals surface area contributed by atoms with E-state index in [-0.39, 0.29) is 0 Å². The molecule has 2 unspecified atom stereocenters. The molecule has 3 heteroatoms. The molecule has 2 N–H and O–H groups in total. The molecule has 118 valence electrons. The van der Waals surface area contributed by atoms with Gasteiger partial charge in [-0.25, -0.2) is 0 Å². The molecule has 2 atom stereocenters. The van der Waals surface area contributed by atoms with E-state index in [1.165, 1.54) is 31.2 Å². The summed E-state index contributed by atoms with van der Waals surface area (Å²) in [6.07, 6.45) is 6.28. The number of ether oxygens (including phenoxy) is 1. The summed E-state index contributed by atoms with van der Waals surface area (Å²) < 4.78 is 6.36. The first-order chi connectivity index (χ1) is 10.3. The lowest BCUT2D eigenvalue weighted by Gasteiger charge is -2.39. The van der Waals surface area contributed by atoms with Crippen LogP contribution in [0, 0.1) is 0 Å². The summed E-state index contributed by atoms with van der Waals surface area (Å²) in [5.41, 5.74) is 6.91. The lowest BCUT2D eigenvalue weighted by Crippen LogP contribution is -2.47. The minimum Gasteiger partial charge on any atom is -0.489 e. The number of nitrogens with two attached hydrogens (primary N) is 1. The molecule has 0 heterocycles. The summed E-state index contributed by atoms with van der Waals surface area (Å²) in [6.45, 7) is 7.39. The van der Waals surface area contributed by atoms with E-state index in [0.29, 0.717) is 18.7 Å². The van der Waals surface area contributed by atoms with E-state index in [0.717, 1.165) is 25.3 Å². The first kappa shape index (κ1) is 16.3. The zero-order chi connectivity index (χ0) is 15.1. The summed E-state index contributed by atoms with van der Waals surface area (Å²) in [4.78, 5) is 2.55. The zero-order valence-corrected chi connectivity index (χ0v) is 13.6. The fourth-order valence-electron chi connectivity index (χ4n) is 3.44. The molecule has 0 amide bonds. The number of hydrogen-bond donors (Lipinski definition) is 1. The van der Waals surface area contributed by atoms with Gasteiger partial charge in [-0.15, -0.1) is 0 Å². The molecule has 0 aliphatic heterocycles. The highest BCUT2D eigenvalue weighted by atomic mass is 16.5. The van der Waals surface area contributed by atoms with E-state index in [2.05, 4.69) is 43.0 Å². The molecule has 1 aliphatic carbocycles. The van der Waals surface area contributed by atoms with Crippen LogP contribution < -0.4 is 10.5 Å². The topological polar surface area (TPSA) is 38.5 Å². The van der Waals surface area contributed by atoms with Crippen LogP contribution in [0.2, 0.25) is 0 Å². The Morgan fingerprint density at radius 3 is 2.67 bits per heavy atom. The van der Waals surface area contributed by atoms with Crippen LogP contribution in [0.5, 0.6) is 5.75 Å². The van der Waals surface area contributed by atoms with Gasteiger partial charge >= 0.3 is 0 Å². The third kappa shape index (κ3) is 4.45. The number of benzene rings is 1. The molecule has 0 spiro atoms. The standard InChI is InChI=1S/C18H30N2O/c1-3-20(4-2)17-10-5-6-11-18(17)21-16-9-7-8-15(14-16)12-13-19/h7-9,14,17-18H,3-6,10-13,19H2,1-2H3. The molecule has 1 fully saturated rings. The fourth-order valence-corrected chi connectivity index (χ4v) is 3.44. The Hall–Kier alpha value is -1.06. The third-order valence-corrected chi connectivity index (χ3v) is 4.57. The van der Waals surface area contributed by atoms with Crippen molar-refractivity contribution in [2.45, 2.75) is 58.1 Å². The van der Waals surface area contributed by atoms with Crippen LogP contribution in [0.3, 0.4) is 0 Å². The Bertz CT molecular complexity index is 417. The maximum atomic E-state index is 6.36. The molecule has 1 aromatic carbocycles. The van der Waals surface area contributed by atoms with E-state index in [1.807, 2.05) is 0 Å². The second-order valence-electron chi connectivity index (χ2n) is 5.92. The molecule has 0 saturated heterocycles. The van der Waals surface area contributed by atoms with Gasteiger partial charge in [-0.2, -0.15) is 0 Å². The van der Waals surface area contributed by atoms with Gasteiger partial charge in [0, 0.05) is 6.04 Å². The van der Waals surface area contributed by atoms with Crippen molar-refractivity contribution in [1.29, 1.82) is 0 Å².